The van der Waals surface area contributed by atoms with Crippen LogP contribution in [0.3, 0.4) is 0 Å². The first-order valence-electron chi connectivity index (χ1n) is 11.1. The summed E-state index contributed by atoms with van der Waals surface area (Å²) < 4.78 is 5.72. The van der Waals surface area contributed by atoms with Gasteiger partial charge in [0.1, 0.15) is 6.61 Å². The SMILES string of the molecule is O=C(Nc1ccc(C(=O)N2CCc3ccccc32)cc1)c1ccnc(OCc2ccccc2)c1. The Morgan fingerprint density at radius 1 is 0.882 bits per heavy atom. The molecule has 0 bridgehead atoms. The number of nitrogens with zero attached hydrogens (tertiary/aromatic N) is 2. The molecule has 2 heterocycles. The summed E-state index contributed by atoms with van der Waals surface area (Å²) in [6.07, 6.45) is 2.41. The predicted octanol–water partition coefficient (Wildman–Crippen LogP) is 5.12. The molecule has 0 spiro atoms. The molecule has 4 aromatic rings. The molecule has 1 aliphatic rings. The number of nitrogens with one attached hydrogen (secondary N) is 1. The van der Waals surface area contributed by atoms with E-state index in [9.17, 15) is 9.59 Å². The number of carbonyl (C=O) groups excluding carboxylic acids is 2. The van der Waals surface area contributed by atoms with Gasteiger partial charge in [-0.2, -0.15) is 0 Å². The van der Waals surface area contributed by atoms with Crippen LogP contribution in [0.5, 0.6) is 5.88 Å². The van der Waals surface area contributed by atoms with Crippen LogP contribution in [-0.4, -0.2) is 23.3 Å². The quantitative estimate of drug-likeness (QED) is 0.444. The van der Waals surface area contributed by atoms with Gasteiger partial charge in [-0.1, -0.05) is 48.5 Å². The van der Waals surface area contributed by atoms with E-state index in [1.54, 1.807) is 47.5 Å². The minimum absolute atomic E-state index is 0.0443. The molecule has 34 heavy (non-hydrogen) atoms. The Kier molecular flexibility index (Phi) is 6.03. The van der Waals surface area contributed by atoms with Crippen molar-refractivity contribution in [3.63, 3.8) is 0 Å². The van der Waals surface area contributed by atoms with E-state index < -0.39 is 0 Å². The molecule has 1 aliphatic heterocycles. The summed E-state index contributed by atoms with van der Waals surface area (Å²) in [5.74, 6) is 0.0556. The first kappa shape index (κ1) is 21.4. The Hall–Kier alpha value is -4.45. The second-order valence-electron chi connectivity index (χ2n) is 8.02. The van der Waals surface area contributed by atoms with Crippen molar-refractivity contribution in [1.82, 2.24) is 4.98 Å². The largest absolute Gasteiger partial charge is 0.473 e. The molecule has 3 aromatic carbocycles. The Balaban J connectivity index is 1.22. The van der Waals surface area contributed by atoms with Crippen molar-refractivity contribution < 1.29 is 14.3 Å². The summed E-state index contributed by atoms with van der Waals surface area (Å²) in [6, 6.07) is 27.9. The van der Waals surface area contributed by atoms with E-state index in [1.165, 1.54) is 5.56 Å². The minimum atomic E-state index is -0.278. The molecular formula is C28H23N3O3. The smallest absolute Gasteiger partial charge is 0.258 e. The Bertz CT molecular complexity index is 1320. The highest BCUT2D eigenvalue weighted by Gasteiger charge is 2.25. The van der Waals surface area contributed by atoms with Gasteiger partial charge in [-0.25, -0.2) is 4.98 Å². The number of amides is 2. The number of aromatic nitrogens is 1. The van der Waals surface area contributed by atoms with Gasteiger partial charge in [0.15, 0.2) is 0 Å². The zero-order valence-electron chi connectivity index (χ0n) is 18.5. The fourth-order valence-electron chi connectivity index (χ4n) is 3.97. The highest BCUT2D eigenvalue weighted by molar-refractivity contribution is 6.08. The summed E-state index contributed by atoms with van der Waals surface area (Å²) in [5.41, 5.74) is 4.79. The Labute approximate surface area is 197 Å². The first-order chi connectivity index (χ1) is 16.7. The molecule has 0 atom stereocenters. The molecule has 0 saturated carbocycles. The number of ether oxygens (including phenoxy) is 1. The van der Waals surface area contributed by atoms with E-state index in [0.29, 0.717) is 35.8 Å². The van der Waals surface area contributed by atoms with Crippen LogP contribution in [0.4, 0.5) is 11.4 Å². The van der Waals surface area contributed by atoms with Crippen LogP contribution in [-0.2, 0) is 13.0 Å². The van der Waals surface area contributed by atoms with Crippen molar-refractivity contribution >= 4 is 23.2 Å². The normalized spacial score (nSPS) is 12.2. The van der Waals surface area contributed by atoms with E-state index in [0.717, 1.165) is 17.7 Å². The number of fused-ring (bicyclic) bond motifs is 1. The van der Waals surface area contributed by atoms with Crippen LogP contribution in [0.1, 0.15) is 31.8 Å². The first-order valence-corrected chi connectivity index (χ1v) is 11.1. The van der Waals surface area contributed by atoms with Gasteiger partial charge in [0, 0.05) is 41.3 Å². The van der Waals surface area contributed by atoms with Crippen LogP contribution in [0.2, 0.25) is 0 Å². The van der Waals surface area contributed by atoms with Gasteiger partial charge >= 0.3 is 0 Å². The lowest BCUT2D eigenvalue weighted by atomic mass is 10.1. The molecule has 0 saturated heterocycles. The van der Waals surface area contributed by atoms with Crippen LogP contribution in [0.25, 0.3) is 0 Å². The Morgan fingerprint density at radius 2 is 1.65 bits per heavy atom. The van der Waals surface area contributed by atoms with Crippen molar-refractivity contribution in [2.24, 2.45) is 0 Å². The molecular weight excluding hydrogens is 426 g/mol. The number of rotatable bonds is 6. The summed E-state index contributed by atoms with van der Waals surface area (Å²) in [7, 11) is 0. The Morgan fingerprint density at radius 3 is 2.47 bits per heavy atom. The van der Waals surface area contributed by atoms with E-state index >= 15 is 0 Å². The maximum atomic E-state index is 13.0. The number of benzene rings is 3. The van der Waals surface area contributed by atoms with E-state index in [-0.39, 0.29) is 11.8 Å². The number of anilines is 2. The van der Waals surface area contributed by atoms with E-state index in [2.05, 4.69) is 16.4 Å². The van der Waals surface area contributed by atoms with Crippen LogP contribution in [0, 0.1) is 0 Å². The lowest BCUT2D eigenvalue weighted by Gasteiger charge is -2.17. The van der Waals surface area contributed by atoms with Gasteiger partial charge in [-0.05, 0) is 53.9 Å². The third-order valence-corrected chi connectivity index (χ3v) is 5.75. The van der Waals surface area contributed by atoms with Gasteiger partial charge in [0.2, 0.25) is 5.88 Å². The third-order valence-electron chi connectivity index (χ3n) is 5.75. The molecule has 6 heteroatoms. The maximum absolute atomic E-state index is 13.0. The maximum Gasteiger partial charge on any atom is 0.258 e. The average molecular weight is 450 g/mol. The topological polar surface area (TPSA) is 71.5 Å². The number of para-hydroxylation sites is 1. The number of carbonyl (C=O) groups is 2. The van der Waals surface area contributed by atoms with Crippen molar-refractivity contribution in [2.75, 3.05) is 16.8 Å². The molecule has 0 fully saturated rings. The monoisotopic (exact) mass is 449 g/mol. The fraction of sp³-hybridized carbons (Fsp3) is 0.107. The van der Waals surface area contributed by atoms with Gasteiger partial charge in [0.25, 0.3) is 11.8 Å². The van der Waals surface area contributed by atoms with Crippen LogP contribution in [0.15, 0.2) is 97.2 Å². The third kappa shape index (κ3) is 4.66. The van der Waals surface area contributed by atoms with Gasteiger partial charge in [-0.3, -0.25) is 9.59 Å². The molecule has 6 nitrogen and oxygen atoms in total. The lowest BCUT2D eigenvalue weighted by Crippen LogP contribution is -2.28. The van der Waals surface area contributed by atoms with E-state index in [1.807, 2.05) is 48.5 Å². The lowest BCUT2D eigenvalue weighted by molar-refractivity contribution is 0.0988. The molecule has 5 rings (SSSR count). The second-order valence-corrected chi connectivity index (χ2v) is 8.02. The second kappa shape index (κ2) is 9.58. The van der Waals surface area contributed by atoms with Gasteiger partial charge in [0.05, 0.1) is 0 Å². The summed E-state index contributed by atoms with van der Waals surface area (Å²) in [4.78, 5) is 31.7. The zero-order chi connectivity index (χ0) is 23.3. The molecule has 0 aliphatic carbocycles. The summed E-state index contributed by atoms with van der Waals surface area (Å²) in [5, 5.41) is 2.86. The molecule has 0 radical (unpaired) electrons. The van der Waals surface area contributed by atoms with Gasteiger partial charge < -0.3 is 15.0 Å². The average Bonchev–Trinajstić information content (AvgIpc) is 3.32. The molecule has 0 unspecified atom stereocenters. The van der Waals surface area contributed by atoms with Crippen molar-refractivity contribution in [1.29, 1.82) is 0 Å². The summed E-state index contributed by atoms with van der Waals surface area (Å²) in [6.45, 7) is 1.04. The summed E-state index contributed by atoms with van der Waals surface area (Å²) >= 11 is 0. The van der Waals surface area contributed by atoms with Crippen molar-refractivity contribution in [3.05, 3.63) is 119 Å². The highest BCUT2D eigenvalue weighted by atomic mass is 16.5. The van der Waals surface area contributed by atoms with Crippen molar-refractivity contribution in [2.45, 2.75) is 13.0 Å². The van der Waals surface area contributed by atoms with Crippen LogP contribution < -0.4 is 15.0 Å². The molecule has 1 aromatic heterocycles. The number of hydrogen-bond donors (Lipinski definition) is 1. The standard InChI is InChI=1S/C28H23N3O3/c32-27(23-14-16-29-26(18-23)34-19-20-6-2-1-3-7-20)30-24-12-10-22(11-13-24)28(33)31-17-15-21-8-4-5-9-25(21)31/h1-14,16,18H,15,17,19H2,(H,30,32). The number of hydrogen-bond acceptors (Lipinski definition) is 4. The van der Waals surface area contributed by atoms with Gasteiger partial charge in [-0.15, -0.1) is 0 Å². The highest BCUT2D eigenvalue weighted by Crippen LogP contribution is 2.29. The molecule has 2 amide bonds. The van der Waals surface area contributed by atoms with E-state index in [4.69, 9.17) is 4.74 Å². The number of pyridine rings is 1. The molecule has 168 valence electrons. The predicted molar refractivity (Wildman–Crippen MR) is 131 cm³/mol. The minimum Gasteiger partial charge on any atom is -0.473 e. The molecule has 1 N–H and O–H groups in total. The van der Waals surface area contributed by atoms with Crippen LogP contribution >= 0.6 is 0 Å². The fourth-order valence-corrected chi connectivity index (χ4v) is 3.97. The zero-order valence-corrected chi connectivity index (χ0v) is 18.5. The van der Waals surface area contributed by atoms with Crippen molar-refractivity contribution in [3.8, 4) is 5.88 Å².